The molecule has 0 aromatic heterocycles. The maximum Gasteiger partial charge on any atom is -0.0277 e. The number of hydrogen-bond acceptors (Lipinski definition) is 0. The van der Waals surface area contributed by atoms with Gasteiger partial charge in [-0.3, -0.25) is 0 Å². The van der Waals surface area contributed by atoms with Crippen molar-refractivity contribution in [2.24, 2.45) is 22.2 Å². The van der Waals surface area contributed by atoms with E-state index in [1.54, 1.807) is 0 Å². The summed E-state index contributed by atoms with van der Waals surface area (Å²) in [5, 5.41) is 0. The maximum absolute atomic E-state index is 2.64. The van der Waals surface area contributed by atoms with E-state index in [0.717, 1.165) is 5.92 Å². The standard InChI is InChI=1S/C28H56/c1-8-9-15-20-25(2)27(6)21-16-11-10-12-18-23-28(7,26(3,4)5)24-19-14-13-17-22-27/h25H,8-24H2,1-7H3. The fourth-order valence-electron chi connectivity index (χ4n) is 5.51. The Labute approximate surface area is 180 Å². The summed E-state index contributed by atoms with van der Waals surface area (Å²) in [6, 6.07) is 0. The lowest BCUT2D eigenvalue weighted by Gasteiger charge is -2.43. The number of hydrogen-bond donors (Lipinski definition) is 0. The van der Waals surface area contributed by atoms with Gasteiger partial charge in [-0.05, 0) is 47.8 Å². The molecule has 0 saturated heterocycles. The monoisotopic (exact) mass is 392 g/mol. The van der Waals surface area contributed by atoms with Gasteiger partial charge in [0.2, 0.25) is 0 Å². The van der Waals surface area contributed by atoms with Crippen LogP contribution in [0.3, 0.4) is 0 Å². The van der Waals surface area contributed by atoms with Gasteiger partial charge in [0.15, 0.2) is 0 Å². The van der Waals surface area contributed by atoms with Crippen LogP contribution in [-0.2, 0) is 0 Å². The van der Waals surface area contributed by atoms with Gasteiger partial charge in [0.25, 0.3) is 0 Å². The van der Waals surface area contributed by atoms with Gasteiger partial charge in [0, 0.05) is 0 Å². The molecule has 0 bridgehead atoms. The van der Waals surface area contributed by atoms with E-state index in [4.69, 9.17) is 0 Å². The molecule has 0 spiro atoms. The average Bonchev–Trinajstić information content (AvgIpc) is 2.63. The van der Waals surface area contributed by atoms with Crippen LogP contribution in [-0.4, -0.2) is 0 Å². The molecule has 0 nitrogen and oxygen atoms in total. The van der Waals surface area contributed by atoms with Gasteiger partial charge in [0.05, 0.1) is 0 Å². The zero-order chi connectivity index (χ0) is 21.1. The molecule has 0 aromatic carbocycles. The van der Waals surface area contributed by atoms with Crippen LogP contribution in [0.4, 0.5) is 0 Å². The average molecular weight is 393 g/mol. The summed E-state index contributed by atoms with van der Waals surface area (Å²) >= 11 is 0. The van der Waals surface area contributed by atoms with Gasteiger partial charge in [-0.1, -0.05) is 132 Å². The molecule has 0 aromatic rings. The first kappa shape index (κ1) is 26.0. The van der Waals surface area contributed by atoms with Crippen LogP contribution in [0.2, 0.25) is 0 Å². The lowest BCUT2D eigenvalue weighted by Crippen LogP contribution is -2.32. The smallest absolute Gasteiger partial charge is 0.0277 e. The normalized spacial score (nSPS) is 31.0. The van der Waals surface area contributed by atoms with Crippen molar-refractivity contribution < 1.29 is 0 Å². The molecule has 0 N–H and O–H groups in total. The Balaban J connectivity index is 2.65. The Hall–Kier alpha value is 0. The first-order valence-corrected chi connectivity index (χ1v) is 13.1. The zero-order valence-electron chi connectivity index (χ0n) is 21.1. The van der Waals surface area contributed by atoms with E-state index in [9.17, 15) is 0 Å². The molecule has 0 radical (unpaired) electrons. The molecular weight excluding hydrogens is 336 g/mol. The van der Waals surface area contributed by atoms with Crippen molar-refractivity contribution in [3.05, 3.63) is 0 Å². The molecule has 1 rings (SSSR count). The molecule has 1 aliphatic carbocycles. The van der Waals surface area contributed by atoms with E-state index in [1.165, 1.54) is 109 Å². The Morgan fingerprint density at radius 2 is 1.11 bits per heavy atom. The highest BCUT2D eigenvalue weighted by Crippen LogP contribution is 2.47. The Morgan fingerprint density at radius 1 is 0.679 bits per heavy atom. The fraction of sp³-hybridized carbons (Fsp3) is 1.00. The number of rotatable bonds is 5. The second kappa shape index (κ2) is 12.6. The van der Waals surface area contributed by atoms with Crippen molar-refractivity contribution >= 4 is 0 Å². The molecule has 0 aliphatic heterocycles. The third kappa shape index (κ3) is 8.79. The summed E-state index contributed by atoms with van der Waals surface area (Å²) < 4.78 is 0. The third-order valence-corrected chi connectivity index (χ3v) is 8.94. The molecule has 1 fully saturated rings. The first-order chi connectivity index (χ1) is 13.1. The van der Waals surface area contributed by atoms with Crippen molar-refractivity contribution in [3.63, 3.8) is 0 Å². The minimum absolute atomic E-state index is 0.438. The predicted octanol–water partition coefficient (Wildman–Crippen LogP) is 10.3. The Bertz CT molecular complexity index is 389. The van der Waals surface area contributed by atoms with Gasteiger partial charge >= 0.3 is 0 Å². The minimum atomic E-state index is 0.438. The van der Waals surface area contributed by atoms with Crippen molar-refractivity contribution in [3.8, 4) is 0 Å². The Morgan fingerprint density at radius 3 is 1.54 bits per heavy atom. The maximum atomic E-state index is 2.64. The summed E-state index contributed by atoms with van der Waals surface area (Å²) in [6.45, 7) is 17.6. The summed E-state index contributed by atoms with van der Waals surface area (Å²) in [5.74, 6) is 0.902. The van der Waals surface area contributed by atoms with E-state index in [0.29, 0.717) is 16.2 Å². The SMILES string of the molecule is CCCCCC(C)C1(C)CCCCCCCC(C)(C(C)(C)C)CCCCCC1. The van der Waals surface area contributed by atoms with Crippen LogP contribution in [0, 0.1) is 22.2 Å². The summed E-state index contributed by atoms with van der Waals surface area (Å²) in [6.07, 6.45) is 24.6. The molecule has 28 heavy (non-hydrogen) atoms. The highest BCUT2D eigenvalue weighted by Gasteiger charge is 2.36. The highest BCUT2D eigenvalue weighted by atomic mass is 14.4. The van der Waals surface area contributed by atoms with Crippen LogP contribution in [0.25, 0.3) is 0 Å². The zero-order valence-corrected chi connectivity index (χ0v) is 21.1. The van der Waals surface area contributed by atoms with Gasteiger partial charge in [-0.25, -0.2) is 0 Å². The number of unbranched alkanes of at least 4 members (excludes halogenated alkanes) is 2. The minimum Gasteiger partial charge on any atom is -0.0654 e. The third-order valence-electron chi connectivity index (χ3n) is 8.94. The van der Waals surface area contributed by atoms with Crippen LogP contribution in [0.1, 0.15) is 158 Å². The van der Waals surface area contributed by atoms with Crippen molar-refractivity contribution in [1.29, 1.82) is 0 Å². The van der Waals surface area contributed by atoms with Crippen LogP contribution in [0.15, 0.2) is 0 Å². The van der Waals surface area contributed by atoms with Gasteiger partial charge in [-0.15, -0.1) is 0 Å². The van der Waals surface area contributed by atoms with Gasteiger partial charge in [-0.2, -0.15) is 0 Å². The molecule has 3 atom stereocenters. The molecule has 1 saturated carbocycles. The molecule has 168 valence electrons. The molecule has 0 heteroatoms. The largest absolute Gasteiger partial charge is 0.0654 e. The highest BCUT2D eigenvalue weighted by molar-refractivity contribution is 4.87. The van der Waals surface area contributed by atoms with Crippen molar-refractivity contribution in [1.82, 2.24) is 0 Å². The van der Waals surface area contributed by atoms with E-state index in [2.05, 4.69) is 48.5 Å². The topological polar surface area (TPSA) is 0 Å². The molecule has 0 amide bonds. The Kier molecular flexibility index (Phi) is 11.8. The van der Waals surface area contributed by atoms with Gasteiger partial charge < -0.3 is 0 Å². The van der Waals surface area contributed by atoms with E-state index in [1.807, 2.05) is 0 Å². The van der Waals surface area contributed by atoms with E-state index < -0.39 is 0 Å². The van der Waals surface area contributed by atoms with E-state index >= 15 is 0 Å². The quantitative estimate of drug-likeness (QED) is 0.408. The summed E-state index contributed by atoms with van der Waals surface area (Å²) in [5.41, 5.74) is 1.55. The lowest BCUT2D eigenvalue weighted by atomic mass is 9.63. The molecule has 1 aliphatic rings. The van der Waals surface area contributed by atoms with Crippen LogP contribution < -0.4 is 0 Å². The lowest BCUT2D eigenvalue weighted by molar-refractivity contribution is 0.0776. The van der Waals surface area contributed by atoms with Crippen LogP contribution in [0.5, 0.6) is 0 Å². The van der Waals surface area contributed by atoms with E-state index in [-0.39, 0.29) is 0 Å². The van der Waals surface area contributed by atoms with Crippen molar-refractivity contribution in [2.75, 3.05) is 0 Å². The molecule has 3 unspecified atom stereocenters. The molecule has 0 heterocycles. The fourth-order valence-corrected chi connectivity index (χ4v) is 5.51. The summed E-state index contributed by atoms with van der Waals surface area (Å²) in [4.78, 5) is 0. The first-order valence-electron chi connectivity index (χ1n) is 13.1. The van der Waals surface area contributed by atoms with Crippen LogP contribution >= 0.6 is 0 Å². The van der Waals surface area contributed by atoms with Crippen molar-refractivity contribution in [2.45, 2.75) is 158 Å². The predicted molar refractivity (Wildman–Crippen MR) is 129 cm³/mol. The second-order valence-corrected chi connectivity index (χ2v) is 12.0. The summed E-state index contributed by atoms with van der Waals surface area (Å²) in [7, 11) is 0. The second-order valence-electron chi connectivity index (χ2n) is 12.0. The van der Waals surface area contributed by atoms with Gasteiger partial charge in [0.1, 0.15) is 0 Å². The molecular formula is C28H56.